The van der Waals surface area contributed by atoms with Crippen LogP contribution in [0.15, 0.2) is 66.9 Å². The molecule has 0 aliphatic carbocycles. The summed E-state index contributed by atoms with van der Waals surface area (Å²) >= 11 is 0. The fourth-order valence-corrected chi connectivity index (χ4v) is 2.51. The van der Waals surface area contributed by atoms with E-state index < -0.39 is 0 Å². The minimum absolute atomic E-state index is 0.291. The number of carbonyl (C=O) groups excluding carboxylic acids is 1. The number of hydrogen-bond donors (Lipinski definition) is 2. The number of anilines is 2. The maximum absolute atomic E-state index is 12.4. The number of aromatic nitrogens is 1. The van der Waals surface area contributed by atoms with E-state index in [-0.39, 0.29) is 5.91 Å². The monoisotopic (exact) mass is 363 g/mol. The number of carbonyl (C=O) groups is 1. The molecule has 3 rings (SSSR count). The molecule has 0 bridgehead atoms. The van der Waals surface area contributed by atoms with Gasteiger partial charge in [0.15, 0.2) is 0 Å². The van der Waals surface area contributed by atoms with Gasteiger partial charge in [0, 0.05) is 6.54 Å². The van der Waals surface area contributed by atoms with Crippen LogP contribution in [0.3, 0.4) is 0 Å². The number of ether oxygens (including phenoxy) is 2. The second-order valence-electron chi connectivity index (χ2n) is 5.79. The van der Waals surface area contributed by atoms with Gasteiger partial charge in [-0.05, 0) is 42.0 Å². The van der Waals surface area contributed by atoms with E-state index in [2.05, 4.69) is 15.6 Å². The molecule has 2 aromatic carbocycles. The van der Waals surface area contributed by atoms with Crippen LogP contribution >= 0.6 is 0 Å². The normalized spacial score (nSPS) is 10.1. The molecular weight excluding hydrogens is 342 g/mol. The largest absolute Gasteiger partial charge is 0.497 e. The predicted octanol–water partition coefficient (Wildman–Crippen LogP) is 3.96. The van der Waals surface area contributed by atoms with Gasteiger partial charge in [-0.25, -0.2) is 4.98 Å². The van der Waals surface area contributed by atoms with Crippen LogP contribution in [0.5, 0.6) is 11.5 Å². The average Bonchev–Trinajstić information content (AvgIpc) is 2.73. The van der Waals surface area contributed by atoms with E-state index in [0.717, 1.165) is 17.0 Å². The van der Waals surface area contributed by atoms with Gasteiger partial charge in [-0.3, -0.25) is 4.79 Å². The third kappa shape index (κ3) is 4.76. The predicted molar refractivity (Wildman–Crippen MR) is 106 cm³/mol. The minimum atomic E-state index is -0.291. The average molecular weight is 363 g/mol. The number of pyridine rings is 1. The van der Waals surface area contributed by atoms with Gasteiger partial charge in [0.25, 0.3) is 5.91 Å². The Balaban J connectivity index is 1.59. The van der Waals surface area contributed by atoms with Gasteiger partial charge in [0.1, 0.15) is 17.2 Å². The van der Waals surface area contributed by atoms with Crippen LogP contribution in [0.1, 0.15) is 16.1 Å². The zero-order chi connectivity index (χ0) is 19.1. The molecule has 0 atom stereocenters. The first kappa shape index (κ1) is 18.3. The van der Waals surface area contributed by atoms with Crippen molar-refractivity contribution in [2.24, 2.45) is 0 Å². The lowest BCUT2D eigenvalue weighted by Gasteiger charge is -2.10. The second-order valence-corrected chi connectivity index (χ2v) is 5.79. The summed E-state index contributed by atoms with van der Waals surface area (Å²) in [5.74, 6) is 1.13. The molecule has 0 saturated heterocycles. The Labute approximate surface area is 158 Å². The van der Waals surface area contributed by atoms with Crippen LogP contribution in [0.4, 0.5) is 11.4 Å². The van der Waals surface area contributed by atoms with Crippen molar-refractivity contribution in [3.63, 3.8) is 0 Å². The Morgan fingerprint density at radius 3 is 2.41 bits per heavy atom. The maximum Gasteiger partial charge on any atom is 0.274 e. The number of benzene rings is 2. The topological polar surface area (TPSA) is 72.5 Å². The van der Waals surface area contributed by atoms with Crippen molar-refractivity contribution in [1.82, 2.24) is 4.98 Å². The Bertz CT molecular complexity index is 893. The summed E-state index contributed by atoms with van der Waals surface area (Å²) in [7, 11) is 3.21. The van der Waals surface area contributed by atoms with Crippen molar-refractivity contribution in [3.05, 3.63) is 78.1 Å². The first-order valence-corrected chi connectivity index (χ1v) is 8.47. The SMILES string of the molecule is COc1ccc(CNc2ccc(C(=O)Nc3ccccc3OC)nc2)cc1. The lowest BCUT2D eigenvalue weighted by atomic mass is 10.2. The summed E-state index contributed by atoms with van der Waals surface area (Å²) in [6, 6.07) is 18.6. The van der Waals surface area contributed by atoms with Gasteiger partial charge in [-0.2, -0.15) is 0 Å². The number of amides is 1. The van der Waals surface area contributed by atoms with Crippen molar-refractivity contribution in [1.29, 1.82) is 0 Å². The van der Waals surface area contributed by atoms with Crippen molar-refractivity contribution in [3.8, 4) is 11.5 Å². The van der Waals surface area contributed by atoms with Crippen LogP contribution in [-0.4, -0.2) is 25.1 Å². The van der Waals surface area contributed by atoms with Crippen LogP contribution in [0.2, 0.25) is 0 Å². The molecule has 0 aliphatic rings. The number of para-hydroxylation sites is 2. The highest BCUT2D eigenvalue weighted by Gasteiger charge is 2.10. The Hall–Kier alpha value is -3.54. The molecule has 1 aromatic heterocycles. The third-order valence-corrected chi connectivity index (χ3v) is 4.01. The number of nitrogens with zero attached hydrogens (tertiary/aromatic N) is 1. The lowest BCUT2D eigenvalue weighted by molar-refractivity contribution is 0.102. The zero-order valence-corrected chi connectivity index (χ0v) is 15.2. The summed E-state index contributed by atoms with van der Waals surface area (Å²) in [6.45, 7) is 0.651. The van der Waals surface area contributed by atoms with E-state index in [1.54, 1.807) is 38.6 Å². The van der Waals surface area contributed by atoms with Gasteiger partial charge in [-0.1, -0.05) is 24.3 Å². The molecule has 0 unspecified atom stereocenters. The lowest BCUT2D eigenvalue weighted by Crippen LogP contribution is -2.14. The molecule has 0 radical (unpaired) electrons. The minimum Gasteiger partial charge on any atom is -0.497 e. The molecule has 138 valence electrons. The molecule has 0 saturated carbocycles. The summed E-state index contributed by atoms with van der Waals surface area (Å²) in [5, 5.41) is 6.08. The van der Waals surface area contributed by atoms with Crippen molar-refractivity contribution in [2.75, 3.05) is 24.9 Å². The van der Waals surface area contributed by atoms with E-state index >= 15 is 0 Å². The summed E-state index contributed by atoms with van der Waals surface area (Å²) < 4.78 is 10.4. The molecule has 27 heavy (non-hydrogen) atoms. The fraction of sp³-hybridized carbons (Fsp3) is 0.143. The smallest absolute Gasteiger partial charge is 0.274 e. The molecule has 6 nitrogen and oxygen atoms in total. The first-order valence-electron chi connectivity index (χ1n) is 8.47. The van der Waals surface area contributed by atoms with E-state index in [4.69, 9.17) is 9.47 Å². The van der Waals surface area contributed by atoms with Crippen LogP contribution < -0.4 is 20.1 Å². The molecule has 6 heteroatoms. The molecular formula is C21H21N3O3. The van der Waals surface area contributed by atoms with E-state index in [0.29, 0.717) is 23.7 Å². The Morgan fingerprint density at radius 2 is 1.74 bits per heavy atom. The quantitative estimate of drug-likeness (QED) is 0.665. The Kier molecular flexibility index (Phi) is 5.89. The van der Waals surface area contributed by atoms with Gasteiger partial charge in [-0.15, -0.1) is 0 Å². The second kappa shape index (κ2) is 8.71. The molecule has 2 N–H and O–H groups in total. The third-order valence-electron chi connectivity index (χ3n) is 4.01. The highest BCUT2D eigenvalue weighted by Crippen LogP contribution is 2.23. The Morgan fingerprint density at radius 1 is 0.963 bits per heavy atom. The molecule has 0 fully saturated rings. The van der Waals surface area contributed by atoms with E-state index in [1.165, 1.54) is 0 Å². The van der Waals surface area contributed by atoms with Crippen LogP contribution in [0, 0.1) is 0 Å². The zero-order valence-electron chi connectivity index (χ0n) is 15.2. The van der Waals surface area contributed by atoms with Gasteiger partial charge < -0.3 is 20.1 Å². The molecule has 3 aromatic rings. The molecule has 0 aliphatic heterocycles. The van der Waals surface area contributed by atoms with Crippen LogP contribution in [-0.2, 0) is 6.54 Å². The van der Waals surface area contributed by atoms with Crippen LogP contribution in [0.25, 0.3) is 0 Å². The fourth-order valence-electron chi connectivity index (χ4n) is 2.51. The molecule has 0 spiro atoms. The van der Waals surface area contributed by atoms with Gasteiger partial charge in [0.05, 0.1) is 31.8 Å². The summed E-state index contributed by atoms with van der Waals surface area (Å²) in [4.78, 5) is 16.6. The molecule has 1 heterocycles. The van der Waals surface area contributed by atoms with E-state index in [9.17, 15) is 4.79 Å². The van der Waals surface area contributed by atoms with E-state index in [1.807, 2.05) is 42.5 Å². The first-order chi connectivity index (χ1) is 13.2. The number of rotatable bonds is 7. The van der Waals surface area contributed by atoms with Gasteiger partial charge in [0.2, 0.25) is 0 Å². The highest BCUT2D eigenvalue weighted by atomic mass is 16.5. The number of hydrogen-bond acceptors (Lipinski definition) is 5. The van der Waals surface area contributed by atoms with Crippen molar-refractivity contribution >= 4 is 17.3 Å². The van der Waals surface area contributed by atoms with Gasteiger partial charge >= 0.3 is 0 Å². The summed E-state index contributed by atoms with van der Waals surface area (Å²) in [6.07, 6.45) is 1.64. The number of nitrogens with one attached hydrogen (secondary N) is 2. The number of methoxy groups -OCH3 is 2. The van der Waals surface area contributed by atoms with Crippen molar-refractivity contribution < 1.29 is 14.3 Å². The summed E-state index contributed by atoms with van der Waals surface area (Å²) in [5.41, 5.74) is 2.89. The standard InChI is InChI=1S/C21H21N3O3/c1-26-17-10-7-15(8-11-17)13-22-16-9-12-19(23-14-16)21(25)24-18-5-3-4-6-20(18)27-2/h3-12,14,22H,13H2,1-2H3,(H,24,25). The van der Waals surface area contributed by atoms with Crippen molar-refractivity contribution in [2.45, 2.75) is 6.54 Å². The molecule has 1 amide bonds. The maximum atomic E-state index is 12.4. The highest BCUT2D eigenvalue weighted by molar-refractivity contribution is 6.03.